The molecule has 0 aliphatic carbocycles. The van der Waals surface area contributed by atoms with Gasteiger partial charge in [0.2, 0.25) is 0 Å². The van der Waals surface area contributed by atoms with Crippen LogP contribution in [-0.4, -0.2) is 83.6 Å². The zero-order chi connectivity index (χ0) is 28.2. The average molecular weight is 535 g/mol. The summed E-state index contributed by atoms with van der Waals surface area (Å²) in [6.45, 7) is 8.77. The molecule has 1 aromatic heterocycles. The van der Waals surface area contributed by atoms with Gasteiger partial charge in [-0.1, -0.05) is 36.4 Å². The van der Waals surface area contributed by atoms with Gasteiger partial charge < -0.3 is 19.1 Å². The van der Waals surface area contributed by atoms with Crippen molar-refractivity contribution < 1.29 is 28.6 Å². The van der Waals surface area contributed by atoms with Crippen molar-refractivity contribution in [1.29, 1.82) is 0 Å². The van der Waals surface area contributed by atoms with Crippen molar-refractivity contribution in [3.05, 3.63) is 71.4 Å². The van der Waals surface area contributed by atoms with Crippen LogP contribution in [0.15, 0.2) is 54.6 Å². The molecule has 0 spiro atoms. The van der Waals surface area contributed by atoms with E-state index in [1.165, 1.54) is 18.9 Å². The highest BCUT2D eigenvalue weighted by Gasteiger charge is 2.31. The number of methoxy groups -OCH3 is 2. The van der Waals surface area contributed by atoms with Gasteiger partial charge in [0.25, 0.3) is 0 Å². The number of nitrogens with zero attached hydrogens (tertiary/aromatic N) is 4. The summed E-state index contributed by atoms with van der Waals surface area (Å²) in [4.78, 5) is 42.2. The molecule has 10 nitrogen and oxygen atoms in total. The lowest BCUT2D eigenvalue weighted by Gasteiger charge is -2.35. The highest BCUT2D eigenvalue weighted by atomic mass is 16.6. The maximum absolute atomic E-state index is 12.9. The third kappa shape index (κ3) is 6.46. The molecule has 2 aromatic carbocycles. The Morgan fingerprint density at radius 2 is 1.54 bits per heavy atom. The first-order valence-corrected chi connectivity index (χ1v) is 12.8. The van der Waals surface area contributed by atoms with Crippen LogP contribution in [0.25, 0.3) is 16.9 Å². The molecule has 4 rings (SSSR count). The van der Waals surface area contributed by atoms with Gasteiger partial charge >= 0.3 is 18.0 Å². The van der Waals surface area contributed by atoms with Crippen molar-refractivity contribution in [2.24, 2.45) is 0 Å². The molecule has 1 aliphatic rings. The van der Waals surface area contributed by atoms with Crippen LogP contribution in [0.1, 0.15) is 47.2 Å². The maximum Gasteiger partial charge on any atom is 0.410 e. The largest absolute Gasteiger partial charge is 0.465 e. The fourth-order valence-corrected chi connectivity index (χ4v) is 4.45. The molecule has 0 unspecified atom stereocenters. The van der Waals surface area contributed by atoms with Gasteiger partial charge in [-0.25, -0.2) is 19.1 Å². The standard InChI is InChI=1S/C29H34N4O6/c1-29(2,3)39-28(36)32-16-14-31(15-17-32)19-20-10-9-11-21(18-20)24-23(26(34)37-4)25(27(35)38-5)33(30-24)22-12-7-6-8-13-22/h6-13,18H,14-17,19H2,1-5H3. The van der Waals surface area contributed by atoms with Crippen molar-refractivity contribution in [3.63, 3.8) is 0 Å². The smallest absolute Gasteiger partial charge is 0.410 e. The van der Waals surface area contributed by atoms with E-state index in [2.05, 4.69) is 10.00 Å². The Balaban J connectivity index is 1.61. The molecule has 0 saturated carbocycles. The number of amides is 1. The predicted octanol–water partition coefficient (Wildman–Crippen LogP) is 4.17. The number of ether oxygens (including phenoxy) is 3. The fourth-order valence-electron chi connectivity index (χ4n) is 4.45. The highest BCUT2D eigenvalue weighted by Crippen LogP contribution is 2.30. The van der Waals surface area contributed by atoms with E-state index < -0.39 is 17.5 Å². The van der Waals surface area contributed by atoms with Gasteiger partial charge in [-0.15, -0.1) is 0 Å². The van der Waals surface area contributed by atoms with Gasteiger partial charge in [0.1, 0.15) is 16.9 Å². The summed E-state index contributed by atoms with van der Waals surface area (Å²) in [5.41, 5.74) is 2.10. The first-order chi connectivity index (χ1) is 18.6. The SMILES string of the molecule is COC(=O)c1c(-c2cccc(CN3CCN(C(=O)OC(C)(C)C)CC3)c2)nn(-c2ccccc2)c1C(=O)OC. The van der Waals surface area contributed by atoms with E-state index in [0.29, 0.717) is 49.7 Å². The van der Waals surface area contributed by atoms with E-state index >= 15 is 0 Å². The minimum absolute atomic E-state index is 0.00535. The molecule has 0 N–H and O–H groups in total. The zero-order valence-corrected chi connectivity index (χ0v) is 23.0. The van der Waals surface area contributed by atoms with Crippen LogP contribution < -0.4 is 0 Å². The van der Waals surface area contributed by atoms with Gasteiger partial charge in [-0.05, 0) is 44.5 Å². The molecule has 3 aromatic rings. The topological polar surface area (TPSA) is 103 Å². The van der Waals surface area contributed by atoms with Gasteiger partial charge in [0, 0.05) is 38.3 Å². The quantitative estimate of drug-likeness (QED) is 0.343. The molecule has 0 radical (unpaired) electrons. The Hall–Kier alpha value is -4.18. The molecule has 2 heterocycles. The lowest BCUT2D eigenvalue weighted by atomic mass is 10.0. The number of esters is 2. The van der Waals surface area contributed by atoms with E-state index in [4.69, 9.17) is 14.2 Å². The van der Waals surface area contributed by atoms with Crippen LogP contribution in [0.5, 0.6) is 0 Å². The lowest BCUT2D eigenvalue weighted by Crippen LogP contribution is -2.49. The molecular weight excluding hydrogens is 500 g/mol. The minimum atomic E-state index is -0.697. The fraction of sp³-hybridized carbons (Fsp3) is 0.379. The number of hydrogen-bond acceptors (Lipinski definition) is 8. The second kappa shape index (κ2) is 11.7. The number of para-hydroxylation sites is 1. The Bertz CT molecular complexity index is 1340. The molecule has 0 bridgehead atoms. The number of carbonyl (C=O) groups is 3. The Kier molecular flexibility index (Phi) is 8.35. The molecule has 206 valence electrons. The van der Waals surface area contributed by atoms with Crippen LogP contribution in [0, 0.1) is 0 Å². The van der Waals surface area contributed by atoms with E-state index in [1.807, 2.05) is 63.2 Å². The van der Waals surface area contributed by atoms with Crippen molar-refractivity contribution >= 4 is 18.0 Å². The van der Waals surface area contributed by atoms with Gasteiger partial charge in [0.05, 0.1) is 19.9 Å². The van der Waals surface area contributed by atoms with Crippen LogP contribution in [0.2, 0.25) is 0 Å². The molecule has 1 amide bonds. The molecule has 1 fully saturated rings. The third-order valence-electron chi connectivity index (χ3n) is 6.29. The zero-order valence-electron chi connectivity index (χ0n) is 23.0. The first kappa shape index (κ1) is 27.8. The van der Waals surface area contributed by atoms with E-state index in [1.54, 1.807) is 17.0 Å². The summed E-state index contributed by atoms with van der Waals surface area (Å²) >= 11 is 0. The van der Waals surface area contributed by atoms with E-state index in [9.17, 15) is 14.4 Å². The Labute approximate surface area is 228 Å². The summed E-state index contributed by atoms with van der Waals surface area (Å²) in [6, 6.07) is 16.7. The van der Waals surface area contributed by atoms with Crippen LogP contribution in [0.4, 0.5) is 4.79 Å². The van der Waals surface area contributed by atoms with Crippen molar-refractivity contribution in [1.82, 2.24) is 19.6 Å². The lowest BCUT2D eigenvalue weighted by molar-refractivity contribution is 0.0138. The van der Waals surface area contributed by atoms with Crippen LogP contribution >= 0.6 is 0 Å². The summed E-state index contributed by atoms with van der Waals surface area (Å²) in [5.74, 6) is -1.38. The molecule has 39 heavy (non-hydrogen) atoms. The Morgan fingerprint density at radius 1 is 0.872 bits per heavy atom. The van der Waals surface area contributed by atoms with E-state index in [-0.39, 0.29) is 17.4 Å². The molecule has 0 atom stereocenters. The number of carbonyl (C=O) groups excluding carboxylic acids is 3. The maximum atomic E-state index is 12.9. The minimum Gasteiger partial charge on any atom is -0.465 e. The highest BCUT2D eigenvalue weighted by molar-refractivity contribution is 6.06. The molecule has 1 saturated heterocycles. The third-order valence-corrected chi connectivity index (χ3v) is 6.29. The number of rotatable bonds is 6. The first-order valence-electron chi connectivity index (χ1n) is 12.8. The number of hydrogen-bond donors (Lipinski definition) is 0. The number of benzene rings is 2. The van der Waals surface area contributed by atoms with Crippen LogP contribution in [-0.2, 0) is 20.8 Å². The number of piperazine rings is 1. The predicted molar refractivity (Wildman–Crippen MR) is 145 cm³/mol. The number of aromatic nitrogens is 2. The van der Waals surface area contributed by atoms with E-state index in [0.717, 1.165) is 5.56 Å². The Morgan fingerprint density at radius 3 is 2.15 bits per heavy atom. The summed E-state index contributed by atoms with van der Waals surface area (Å²) in [7, 11) is 2.52. The second-order valence-corrected chi connectivity index (χ2v) is 10.2. The van der Waals surface area contributed by atoms with Gasteiger partial charge in [-0.3, -0.25) is 4.90 Å². The van der Waals surface area contributed by atoms with Crippen LogP contribution in [0.3, 0.4) is 0 Å². The second-order valence-electron chi connectivity index (χ2n) is 10.2. The molecule has 1 aliphatic heterocycles. The molecule has 10 heteroatoms. The van der Waals surface area contributed by atoms with Crippen molar-refractivity contribution in [3.8, 4) is 16.9 Å². The monoisotopic (exact) mass is 534 g/mol. The van der Waals surface area contributed by atoms with Gasteiger partial charge in [0.15, 0.2) is 5.69 Å². The summed E-state index contributed by atoms with van der Waals surface area (Å²) < 4.78 is 17.0. The summed E-state index contributed by atoms with van der Waals surface area (Å²) in [5, 5.41) is 4.68. The van der Waals surface area contributed by atoms with Crippen molar-refractivity contribution in [2.45, 2.75) is 32.9 Å². The average Bonchev–Trinajstić information content (AvgIpc) is 3.33. The molecular formula is C29H34N4O6. The summed E-state index contributed by atoms with van der Waals surface area (Å²) in [6.07, 6.45) is -0.296. The van der Waals surface area contributed by atoms with Crippen molar-refractivity contribution in [2.75, 3.05) is 40.4 Å². The van der Waals surface area contributed by atoms with Gasteiger partial charge in [-0.2, -0.15) is 5.10 Å². The normalized spacial score (nSPS) is 14.1.